The zero-order valence-electron chi connectivity index (χ0n) is 18.4. The highest BCUT2D eigenvalue weighted by Crippen LogP contribution is 2.31. The Morgan fingerprint density at radius 2 is 2.00 bits per heavy atom. The van der Waals surface area contributed by atoms with E-state index in [1.807, 2.05) is 74.6 Å². The maximum atomic E-state index is 12.7. The molecule has 1 aromatic carbocycles. The molecule has 3 heterocycles. The zero-order valence-corrected chi connectivity index (χ0v) is 18.4. The van der Waals surface area contributed by atoms with Gasteiger partial charge in [0.25, 0.3) is 0 Å². The average molecular weight is 420 g/mol. The maximum Gasteiger partial charge on any atom is 0.244 e. The number of piperidine rings is 1. The molecule has 2 aromatic heterocycles. The Morgan fingerprint density at radius 1 is 1.19 bits per heavy atom. The number of hydrogen-bond acceptors (Lipinski definition) is 5. The first-order chi connectivity index (χ1) is 15.0. The third-order valence-corrected chi connectivity index (χ3v) is 5.58. The fraction of sp³-hybridized carbons (Fsp3) is 0.375. The van der Waals surface area contributed by atoms with Crippen LogP contribution in [0.25, 0.3) is 0 Å². The van der Waals surface area contributed by atoms with Crippen molar-refractivity contribution in [2.24, 2.45) is 0 Å². The van der Waals surface area contributed by atoms with Gasteiger partial charge in [0.1, 0.15) is 18.0 Å². The normalized spacial score (nSPS) is 16.2. The molecule has 0 saturated carbocycles. The van der Waals surface area contributed by atoms with Crippen LogP contribution in [-0.4, -0.2) is 52.8 Å². The number of anilines is 1. The fourth-order valence-electron chi connectivity index (χ4n) is 3.96. The van der Waals surface area contributed by atoms with Crippen LogP contribution in [0.4, 0.5) is 5.69 Å². The van der Waals surface area contributed by atoms with E-state index in [2.05, 4.69) is 10.00 Å². The first-order valence-electron chi connectivity index (χ1n) is 10.7. The van der Waals surface area contributed by atoms with Gasteiger partial charge in [0.2, 0.25) is 5.91 Å². The lowest BCUT2D eigenvalue weighted by atomic mass is 9.94. The van der Waals surface area contributed by atoms with E-state index in [-0.39, 0.29) is 18.4 Å². The van der Waals surface area contributed by atoms with Crippen LogP contribution in [0.1, 0.15) is 30.1 Å². The van der Waals surface area contributed by atoms with Gasteiger partial charge in [-0.3, -0.25) is 14.5 Å². The number of carbonyl (C=O) groups excluding carboxylic acids is 1. The summed E-state index contributed by atoms with van der Waals surface area (Å²) < 4.78 is 7.79. The molecule has 31 heavy (non-hydrogen) atoms. The van der Waals surface area contributed by atoms with Crippen LogP contribution < -0.4 is 9.64 Å². The van der Waals surface area contributed by atoms with E-state index >= 15 is 0 Å². The highest BCUT2D eigenvalue weighted by Gasteiger charge is 2.26. The number of hydrogen-bond donors (Lipinski definition) is 0. The van der Waals surface area contributed by atoms with E-state index in [4.69, 9.17) is 9.72 Å². The molecule has 7 nitrogen and oxygen atoms in total. The summed E-state index contributed by atoms with van der Waals surface area (Å²) in [6.45, 7) is 3.71. The predicted molar refractivity (Wildman–Crippen MR) is 121 cm³/mol. The van der Waals surface area contributed by atoms with Crippen molar-refractivity contribution in [3.8, 4) is 11.5 Å². The molecule has 1 saturated heterocycles. The number of aromatic nitrogens is 3. The van der Waals surface area contributed by atoms with Crippen LogP contribution in [0.15, 0.2) is 54.9 Å². The van der Waals surface area contributed by atoms with Crippen LogP contribution in [0.3, 0.4) is 0 Å². The molecule has 1 aliphatic heterocycles. The summed E-state index contributed by atoms with van der Waals surface area (Å²) in [6.07, 6.45) is 5.49. The van der Waals surface area contributed by atoms with Crippen LogP contribution in [0, 0.1) is 6.92 Å². The Labute approximate surface area is 183 Å². The number of amides is 1. The van der Waals surface area contributed by atoms with Crippen molar-refractivity contribution >= 4 is 11.6 Å². The number of rotatable bonds is 6. The molecule has 4 rings (SSSR count). The highest BCUT2D eigenvalue weighted by atomic mass is 16.5. The summed E-state index contributed by atoms with van der Waals surface area (Å²) in [5.41, 5.74) is 3.02. The maximum absolute atomic E-state index is 12.7. The van der Waals surface area contributed by atoms with Gasteiger partial charge in [0.05, 0.1) is 0 Å². The van der Waals surface area contributed by atoms with Gasteiger partial charge in [0, 0.05) is 74.7 Å². The SMILES string of the molecule is Cc1cc(Oc2ccc(N(C)C)cc2)cc(C2CCCN(C(=O)Cn3cccn3)C2)n1. The minimum absolute atomic E-state index is 0.0958. The van der Waals surface area contributed by atoms with Crippen molar-refractivity contribution in [2.45, 2.75) is 32.2 Å². The van der Waals surface area contributed by atoms with Gasteiger partial charge in [-0.2, -0.15) is 5.10 Å². The second-order valence-electron chi connectivity index (χ2n) is 8.24. The molecule has 1 unspecified atom stereocenters. The first kappa shape index (κ1) is 20.9. The fourth-order valence-corrected chi connectivity index (χ4v) is 3.96. The summed E-state index contributed by atoms with van der Waals surface area (Å²) in [5, 5.41) is 4.14. The molecule has 162 valence electrons. The molecule has 3 aromatic rings. The molecule has 0 bridgehead atoms. The molecule has 0 aliphatic carbocycles. The Hall–Kier alpha value is -3.35. The number of benzene rings is 1. The molecule has 1 atom stereocenters. The van der Waals surface area contributed by atoms with Gasteiger partial charge >= 0.3 is 0 Å². The minimum Gasteiger partial charge on any atom is -0.457 e. The molecule has 7 heteroatoms. The number of carbonyl (C=O) groups is 1. The van der Waals surface area contributed by atoms with Crippen molar-refractivity contribution in [3.05, 3.63) is 66.2 Å². The lowest BCUT2D eigenvalue weighted by Gasteiger charge is -2.32. The summed E-state index contributed by atoms with van der Waals surface area (Å²) >= 11 is 0. The van der Waals surface area contributed by atoms with E-state index < -0.39 is 0 Å². The van der Waals surface area contributed by atoms with Gasteiger partial charge in [-0.25, -0.2) is 0 Å². The van der Waals surface area contributed by atoms with Gasteiger partial charge < -0.3 is 14.5 Å². The van der Waals surface area contributed by atoms with Gasteiger partial charge in [0.15, 0.2) is 0 Å². The molecule has 1 amide bonds. The first-order valence-corrected chi connectivity index (χ1v) is 10.7. The van der Waals surface area contributed by atoms with Crippen molar-refractivity contribution in [3.63, 3.8) is 0 Å². The topological polar surface area (TPSA) is 63.5 Å². The van der Waals surface area contributed by atoms with Gasteiger partial charge in [-0.15, -0.1) is 0 Å². The Bertz CT molecular complexity index is 1010. The Morgan fingerprint density at radius 3 is 2.71 bits per heavy atom. The van der Waals surface area contributed by atoms with Crippen molar-refractivity contribution < 1.29 is 9.53 Å². The molecule has 1 fully saturated rings. The molecule has 0 radical (unpaired) electrons. The summed E-state index contributed by atoms with van der Waals surface area (Å²) in [6, 6.07) is 13.8. The number of ether oxygens (including phenoxy) is 1. The number of aryl methyl sites for hydroxylation is 1. The third kappa shape index (κ3) is 5.23. The predicted octanol–water partition coefficient (Wildman–Crippen LogP) is 3.85. The van der Waals surface area contributed by atoms with Crippen molar-refractivity contribution in [1.29, 1.82) is 0 Å². The van der Waals surface area contributed by atoms with E-state index in [0.717, 1.165) is 48.0 Å². The standard InChI is InChI=1S/C24H29N5O2/c1-18-14-22(31-21-9-7-20(8-10-21)27(2)3)15-23(26-18)19-6-4-12-28(16-19)24(30)17-29-13-5-11-25-29/h5,7-11,13-15,19H,4,6,12,16-17H2,1-3H3. The molecule has 0 spiro atoms. The number of likely N-dealkylation sites (tertiary alicyclic amines) is 1. The van der Waals surface area contributed by atoms with E-state index in [0.29, 0.717) is 6.54 Å². The lowest BCUT2D eigenvalue weighted by molar-refractivity contribution is -0.133. The van der Waals surface area contributed by atoms with E-state index in [1.165, 1.54) is 0 Å². The summed E-state index contributed by atoms with van der Waals surface area (Å²) in [5.74, 6) is 1.87. The average Bonchev–Trinajstić information content (AvgIpc) is 3.27. The molecule has 1 aliphatic rings. The molecular formula is C24H29N5O2. The summed E-state index contributed by atoms with van der Waals surface area (Å²) in [7, 11) is 4.03. The lowest BCUT2D eigenvalue weighted by Crippen LogP contribution is -2.41. The Balaban J connectivity index is 1.46. The molecular weight excluding hydrogens is 390 g/mol. The second kappa shape index (κ2) is 9.20. The van der Waals surface area contributed by atoms with Crippen LogP contribution >= 0.6 is 0 Å². The smallest absolute Gasteiger partial charge is 0.244 e. The summed E-state index contributed by atoms with van der Waals surface area (Å²) in [4.78, 5) is 21.5. The Kier molecular flexibility index (Phi) is 6.21. The van der Waals surface area contributed by atoms with Gasteiger partial charge in [-0.05, 0) is 50.1 Å². The zero-order chi connectivity index (χ0) is 21.8. The van der Waals surface area contributed by atoms with E-state index in [9.17, 15) is 4.79 Å². The third-order valence-electron chi connectivity index (χ3n) is 5.58. The van der Waals surface area contributed by atoms with Crippen molar-refractivity contribution in [2.75, 3.05) is 32.1 Å². The largest absolute Gasteiger partial charge is 0.457 e. The second-order valence-corrected chi connectivity index (χ2v) is 8.24. The van der Waals surface area contributed by atoms with Crippen LogP contribution in [0.2, 0.25) is 0 Å². The minimum atomic E-state index is 0.0958. The van der Waals surface area contributed by atoms with E-state index in [1.54, 1.807) is 10.9 Å². The molecule has 0 N–H and O–H groups in total. The van der Waals surface area contributed by atoms with Crippen LogP contribution in [-0.2, 0) is 11.3 Å². The van der Waals surface area contributed by atoms with Crippen molar-refractivity contribution in [1.82, 2.24) is 19.7 Å². The highest BCUT2D eigenvalue weighted by molar-refractivity contribution is 5.76. The quantitative estimate of drug-likeness (QED) is 0.607. The van der Waals surface area contributed by atoms with Crippen LogP contribution in [0.5, 0.6) is 11.5 Å². The monoisotopic (exact) mass is 419 g/mol. The van der Waals surface area contributed by atoms with Gasteiger partial charge in [-0.1, -0.05) is 0 Å². The number of pyridine rings is 1. The number of nitrogens with zero attached hydrogens (tertiary/aromatic N) is 5.